The molecule has 0 atom stereocenters. The van der Waals surface area contributed by atoms with Gasteiger partial charge in [-0.3, -0.25) is 14.9 Å². The highest BCUT2D eigenvalue weighted by atomic mass is 16.6. The largest absolute Gasteiger partial charge is 0.490 e. The first kappa shape index (κ1) is 17.1. The molecule has 0 saturated heterocycles. The summed E-state index contributed by atoms with van der Waals surface area (Å²) >= 11 is 0. The van der Waals surface area contributed by atoms with Gasteiger partial charge in [0.2, 0.25) is 0 Å². The van der Waals surface area contributed by atoms with Gasteiger partial charge in [-0.15, -0.1) is 0 Å². The Hall–Kier alpha value is -3.22. The van der Waals surface area contributed by atoms with Gasteiger partial charge in [0.1, 0.15) is 0 Å². The molecule has 0 bridgehead atoms. The van der Waals surface area contributed by atoms with E-state index in [9.17, 15) is 14.9 Å². The number of nitrogens with zero attached hydrogens (tertiary/aromatic N) is 2. The molecule has 0 aliphatic heterocycles. The SMILES string of the molecule is COc1ccc(/C(C)=N/NC(=O)c2ccccc2C)cc1[N+](=O)[O-]. The van der Waals surface area contributed by atoms with Crippen molar-refractivity contribution in [2.24, 2.45) is 5.10 Å². The predicted molar refractivity (Wildman–Crippen MR) is 90.5 cm³/mol. The molecule has 24 heavy (non-hydrogen) atoms. The van der Waals surface area contributed by atoms with Gasteiger partial charge in [0.25, 0.3) is 5.91 Å². The van der Waals surface area contributed by atoms with Crippen LogP contribution in [0.4, 0.5) is 5.69 Å². The Morgan fingerprint density at radius 3 is 2.58 bits per heavy atom. The second kappa shape index (κ2) is 7.36. The molecule has 0 aliphatic rings. The van der Waals surface area contributed by atoms with Crippen molar-refractivity contribution >= 4 is 17.3 Å². The number of hydrazone groups is 1. The minimum atomic E-state index is -0.526. The third kappa shape index (κ3) is 3.75. The fourth-order valence-corrected chi connectivity index (χ4v) is 2.14. The van der Waals surface area contributed by atoms with Crippen LogP contribution < -0.4 is 10.2 Å². The maximum Gasteiger partial charge on any atom is 0.311 e. The van der Waals surface area contributed by atoms with Gasteiger partial charge in [-0.2, -0.15) is 5.10 Å². The first-order valence-corrected chi connectivity index (χ1v) is 7.17. The fraction of sp³-hybridized carbons (Fsp3) is 0.176. The van der Waals surface area contributed by atoms with Crippen molar-refractivity contribution in [3.63, 3.8) is 0 Å². The van der Waals surface area contributed by atoms with Crippen molar-refractivity contribution in [1.82, 2.24) is 5.43 Å². The Bertz CT molecular complexity index is 815. The lowest BCUT2D eigenvalue weighted by atomic mass is 10.1. The highest BCUT2D eigenvalue weighted by molar-refractivity contribution is 6.01. The molecule has 0 heterocycles. The van der Waals surface area contributed by atoms with E-state index in [2.05, 4.69) is 10.5 Å². The summed E-state index contributed by atoms with van der Waals surface area (Å²) in [5.41, 5.74) is 4.63. The number of hydrogen-bond donors (Lipinski definition) is 1. The second-order valence-electron chi connectivity index (χ2n) is 5.10. The van der Waals surface area contributed by atoms with Crippen LogP contribution >= 0.6 is 0 Å². The number of benzene rings is 2. The number of nitro benzene ring substituents is 1. The highest BCUT2D eigenvalue weighted by Crippen LogP contribution is 2.27. The molecule has 0 aromatic heterocycles. The van der Waals surface area contributed by atoms with Gasteiger partial charge in [0.05, 0.1) is 17.7 Å². The van der Waals surface area contributed by atoms with E-state index in [0.29, 0.717) is 16.8 Å². The van der Waals surface area contributed by atoms with Crippen LogP contribution in [0.5, 0.6) is 5.75 Å². The summed E-state index contributed by atoms with van der Waals surface area (Å²) in [7, 11) is 1.37. The van der Waals surface area contributed by atoms with Crippen LogP contribution in [0.2, 0.25) is 0 Å². The Morgan fingerprint density at radius 1 is 1.25 bits per heavy atom. The minimum Gasteiger partial charge on any atom is -0.490 e. The molecule has 124 valence electrons. The van der Waals surface area contributed by atoms with Crippen LogP contribution in [0.15, 0.2) is 47.6 Å². The van der Waals surface area contributed by atoms with Crippen LogP contribution in [0.1, 0.15) is 28.4 Å². The number of amides is 1. The molecule has 1 N–H and O–H groups in total. The average Bonchev–Trinajstić information content (AvgIpc) is 2.59. The van der Waals surface area contributed by atoms with Crippen molar-refractivity contribution in [2.75, 3.05) is 7.11 Å². The van der Waals surface area contributed by atoms with Crippen molar-refractivity contribution in [2.45, 2.75) is 13.8 Å². The van der Waals surface area contributed by atoms with E-state index in [0.717, 1.165) is 5.56 Å². The molecule has 0 unspecified atom stereocenters. The van der Waals surface area contributed by atoms with Crippen LogP contribution in [0, 0.1) is 17.0 Å². The number of nitrogens with one attached hydrogen (secondary N) is 1. The van der Waals surface area contributed by atoms with Gasteiger partial charge < -0.3 is 4.74 Å². The summed E-state index contributed by atoms with van der Waals surface area (Å²) < 4.78 is 4.96. The van der Waals surface area contributed by atoms with Gasteiger partial charge >= 0.3 is 5.69 Å². The highest BCUT2D eigenvalue weighted by Gasteiger charge is 2.16. The Kier molecular flexibility index (Phi) is 5.26. The number of nitro groups is 1. The summed E-state index contributed by atoms with van der Waals surface area (Å²) in [5.74, 6) is -0.170. The molecule has 0 fully saturated rings. The summed E-state index contributed by atoms with van der Waals surface area (Å²) in [6, 6.07) is 11.6. The zero-order valence-corrected chi connectivity index (χ0v) is 13.6. The number of aryl methyl sites for hydroxylation is 1. The van der Waals surface area contributed by atoms with Gasteiger partial charge in [-0.1, -0.05) is 18.2 Å². The first-order valence-electron chi connectivity index (χ1n) is 7.17. The van der Waals surface area contributed by atoms with E-state index in [1.165, 1.54) is 19.2 Å². The number of rotatable bonds is 5. The van der Waals surface area contributed by atoms with Gasteiger partial charge in [-0.25, -0.2) is 5.43 Å². The first-order chi connectivity index (χ1) is 11.4. The lowest BCUT2D eigenvalue weighted by Gasteiger charge is -2.06. The number of carbonyl (C=O) groups is 1. The Balaban J connectivity index is 2.22. The predicted octanol–water partition coefficient (Wildman–Crippen LogP) is 3.07. The molecule has 2 rings (SSSR count). The normalized spacial score (nSPS) is 11.0. The van der Waals surface area contributed by atoms with E-state index < -0.39 is 4.92 Å². The van der Waals surface area contributed by atoms with E-state index in [1.807, 2.05) is 19.1 Å². The minimum absolute atomic E-state index is 0.158. The molecule has 0 radical (unpaired) electrons. The quantitative estimate of drug-likeness (QED) is 0.519. The molecule has 1 amide bonds. The maximum absolute atomic E-state index is 12.1. The zero-order chi connectivity index (χ0) is 17.7. The molecular weight excluding hydrogens is 310 g/mol. The number of hydrogen-bond acceptors (Lipinski definition) is 5. The third-order valence-corrected chi connectivity index (χ3v) is 3.51. The second-order valence-corrected chi connectivity index (χ2v) is 5.10. The summed E-state index contributed by atoms with van der Waals surface area (Å²) in [6.45, 7) is 3.49. The molecule has 0 saturated carbocycles. The topological polar surface area (TPSA) is 93.8 Å². The van der Waals surface area contributed by atoms with E-state index >= 15 is 0 Å². The van der Waals surface area contributed by atoms with E-state index in [4.69, 9.17) is 4.74 Å². The number of carbonyl (C=O) groups excluding carboxylic acids is 1. The smallest absolute Gasteiger partial charge is 0.311 e. The van der Waals surface area contributed by atoms with Gasteiger partial charge in [0, 0.05) is 17.2 Å². The molecule has 0 spiro atoms. The lowest BCUT2D eigenvalue weighted by Crippen LogP contribution is -2.20. The lowest BCUT2D eigenvalue weighted by molar-refractivity contribution is -0.385. The summed E-state index contributed by atoms with van der Waals surface area (Å²) in [4.78, 5) is 22.7. The summed E-state index contributed by atoms with van der Waals surface area (Å²) in [5, 5.41) is 15.1. The van der Waals surface area contributed by atoms with Crippen LogP contribution in [-0.2, 0) is 0 Å². The number of ether oxygens (including phenoxy) is 1. The van der Waals surface area contributed by atoms with E-state index in [1.54, 1.807) is 25.1 Å². The Labute approximate surface area is 139 Å². The third-order valence-electron chi connectivity index (χ3n) is 3.51. The standard InChI is InChI=1S/C17H17N3O4/c1-11-6-4-5-7-14(11)17(21)19-18-12(2)13-8-9-16(24-3)15(10-13)20(22)23/h4-10H,1-3H3,(H,19,21)/b18-12+. The number of methoxy groups -OCH3 is 1. The zero-order valence-electron chi connectivity index (χ0n) is 13.6. The monoisotopic (exact) mass is 327 g/mol. The molecular formula is C17H17N3O4. The summed E-state index contributed by atoms with van der Waals surface area (Å²) in [6.07, 6.45) is 0. The van der Waals surface area contributed by atoms with Crippen molar-refractivity contribution in [3.8, 4) is 5.75 Å². The van der Waals surface area contributed by atoms with Gasteiger partial charge in [-0.05, 0) is 37.6 Å². The molecule has 2 aromatic rings. The molecule has 0 aliphatic carbocycles. The van der Waals surface area contributed by atoms with Crippen LogP contribution in [0.3, 0.4) is 0 Å². The van der Waals surface area contributed by atoms with Crippen LogP contribution in [-0.4, -0.2) is 23.7 Å². The van der Waals surface area contributed by atoms with E-state index in [-0.39, 0.29) is 17.3 Å². The van der Waals surface area contributed by atoms with Crippen molar-refractivity contribution in [1.29, 1.82) is 0 Å². The van der Waals surface area contributed by atoms with Crippen molar-refractivity contribution < 1.29 is 14.5 Å². The molecule has 7 heteroatoms. The van der Waals surface area contributed by atoms with Gasteiger partial charge in [0.15, 0.2) is 5.75 Å². The van der Waals surface area contributed by atoms with Crippen molar-refractivity contribution in [3.05, 3.63) is 69.3 Å². The van der Waals surface area contributed by atoms with Crippen LogP contribution in [0.25, 0.3) is 0 Å². The average molecular weight is 327 g/mol. The maximum atomic E-state index is 12.1. The molecule has 2 aromatic carbocycles. The fourth-order valence-electron chi connectivity index (χ4n) is 2.14. The molecule has 7 nitrogen and oxygen atoms in total. The Morgan fingerprint density at radius 2 is 1.96 bits per heavy atom.